The monoisotopic (exact) mass is 841 g/mol. The first-order valence-electron chi connectivity index (χ1n) is 22.9. The fourth-order valence-corrected chi connectivity index (χ4v) is 9.89. The van der Waals surface area contributed by atoms with E-state index < -0.39 is 0 Å². The van der Waals surface area contributed by atoms with Gasteiger partial charge in [-0.25, -0.2) is 4.98 Å². The van der Waals surface area contributed by atoms with E-state index in [-0.39, 0.29) is 5.92 Å². The first-order valence-corrected chi connectivity index (χ1v) is 22.9. The van der Waals surface area contributed by atoms with Crippen molar-refractivity contribution in [2.24, 2.45) is 0 Å². The zero-order valence-electron chi connectivity index (χ0n) is 36.6. The third kappa shape index (κ3) is 7.82. The van der Waals surface area contributed by atoms with E-state index >= 15 is 0 Å². The van der Waals surface area contributed by atoms with E-state index in [9.17, 15) is 0 Å². The molecule has 1 unspecified atom stereocenters. The Hall–Kier alpha value is -8.39. The highest BCUT2D eigenvalue weighted by Gasteiger charge is 2.28. The normalized spacial score (nSPS) is 13.1. The zero-order valence-corrected chi connectivity index (χ0v) is 36.6. The topological polar surface area (TPSA) is 12.9 Å². The van der Waals surface area contributed by atoms with Crippen molar-refractivity contribution in [3.63, 3.8) is 0 Å². The first-order chi connectivity index (χ1) is 32.8. The van der Waals surface area contributed by atoms with E-state index in [0.717, 1.165) is 62.3 Å². The quantitative estimate of drug-likeness (QED) is 0.134. The third-order valence-corrected chi connectivity index (χ3v) is 12.8. The van der Waals surface area contributed by atoms with Gasteiger partial charge in [0.2, 0.25) is 0 Å². The average Bonchev–Trinajstić information content (AvgIpc) is 3.41. The molecule has 0 amide bonds. The summed E-state index contributed by atoms with van der Waals surface area (Å²) in [5.41, 5.74) is 21.8. The number of pyridine rings is 1. The van der Waals surface area contributed by atoms with Crippen LogP contribution in [0.25, 0.3) is 100 Å². The lowest BCUT2D eigenvalue weighted by Crippen LogP contribution is -2.05. The van der Waals surface area contributed by atoms with Crippen LogP contribution < -0.4 is 0 Å². The maximum atomic E-state index is 5.85. The maximum absolute atomic E-state index is 5.85. The minimum Gasteiger partial charge on any atom is -0.248 e. The molecule has 1 atom stereocenters. The second-order valence-corrected chi connectivity index (χ2v) is 16.9. The zero-order chi connectivity index (χ0) is 44.1. The van der Waals surface area contributed by atoms with E-state index in [1.54, 1.807) is 0 Å². The summed E-state index contributed by atoms with van der Waals surface area (Å²) in [6.07, 6.45) is 9.95. The number of nitrogens with zero attached hydrogens (tertiary/aromatic N) is 1. The van der Waals surface area contributed by atoms with E-state index in [2.05, 4.69) is 267 Å². The molecular weight excluding hydrogens is 795 g/mol. The van der Waals surface area contributed by atoms with Crippen molar-refractivity contribution in [3.05, 3.63) is 273 Å². The second-order valence-electron chi connectivity index (χ2n) is 16.9. The van der Waals surface area contributed by atoms with Crippen molar-refractivity contribution in [2.75, 3.05) is 0 Å². The van der Waals surface area contributed by atoms with Crippen LogP contribution in [-0.4, -0.2) is 4.98 Å². The van der Waals surface area contributed by atoms with Crippen molar-refractivity contribution in [3.8, 4) is 100 Å². The SMILES string of the molecule is C1=CCC(c2cc(-c3cccc(-c4cc(-c5ccccc5)c(-c5ccccc5)c(-c5ccccc5)c4-c4ccccc4)n3)c(-c3ccccc3)c(-c3ccccc3)c2-c2ccccc2)C=C1. The smallest absolute Gasteiger partial charge is 0.0716 e. The minimum atomic E-state index is 0.177. The molecule has 0 N–H and O–H groups in total. The number of benzene rings is 9. The largest absolute Gasteiger partial charge is 0.248 e. The lowest BCUT2D eigenvalue weighted by molar-refractivity contribution is 0.856. The van der Waals surface area contributed by atoms with Crippen LogP contribution in [0.3, 0.4) is 0 Å². The summed E-state index contributed by atoms with van der Waals surface area (Å²) in [4.78, 5) is 5.85. The predicted molar refractivity (Wildman–Crippen MR) is 279 cm³/mol. The molecule has 0 spiro atoms. The Morgan fingerprint density at radius 3 is 1.05 bits per heavy atom. The van der Waals surface area contributed by atoms with Crippen LogP contribution in [0.5, 0.6) is 0 Å². The van der Waals surface area contributed by atoms with Gasteiger partial charge in [0.25, 0.3) is 0 Å². The Morgan fingerprint density at radius 1 is 0.288 bits per heavy atom. The molecule has 0 radical (unpaired) electrons. The van der Waals surface area contributed by atoms with Crippen LogP contribution in [-0.2, 0) is 0 Å². The van der Waals surface area contributed by atoms with Crippen molar-refractivity contribution < 1.29 is 0 Å². The number of rotatable bonds is 10. The van der Waals surface area contributed by atoms with Gasteiger partial charge in [0.05, 0.1) is 11.4 Å². The van der Waals surface area contributed by atoms with Gasteiger partial charge >= 0.3 is 0 Å². The molecule has 10 aromatic rings. The van der Waals surface area contributed by atoms with Crippen molar-refractivity contribution in [2.45, 2.75) is 12.3 Å². The number of allylic oxidation sites excluding steroid dienone is 4. The highest BCUT2D eigenvalue weighted by molar-refractivity contribution is 6.08. The highest BCUT2D eigenvalue weighted by atomic mass is 14.7. The van der Waals surface area contributed by atoms with Gasteiger partial charge in [0.1, 0.15) is 0 Å². The van der Waals surface area contributed by atoms with Gasteiger partial charge in [-0.1, -0.05) is 243 Å². The van der Waals surface area contributed by atoms with E-state index in [4.69, 9.17) is 4.98 Å². The standard InChI is InChI=1S/C65H47N/c1-9-26-46(27-10-1)54-44-56(62(50-34-17-5-18-35-50)64(52-38-21-7-22-39-52)60(54)48-30-13-3-14-31-48)58-42-25-43-59(66-58)57-45-55(47-28-11-2-12-29-47)61(49-32-15-4-16-33-49)65(53-40-23-8-24-41-53)63(57)51-36-19-6-20-37-51/h1-28,30-45,47H,29H2. The van der Waals surface area contributed by atoms with E-state index in [1.807, 2.05) is 0 Å². The van der Waals surface area contributed by atoms with Gasteiger partial charge in [-0.3, -0.25) is 0 Å². The molecule has 0 saturated heterocycles. The first kappa shape index (κ1) is 40.4. The molecule has 1 nitrogen and oxygen atoms in total. The summed E-state index contributed by atoms with van der Waals surface area (Å²) in [6, 6.07) is 87.8. The Balaban J connectivity index is 1.26. The van der Waals surface area contributed by atoms with Crippen molar-refractivity contribution in [1.82, 2.24) is 4.98 Å². The van der Waals surface area contributed by atoms with Gasteiger partial charge in [-0.2, -0.15) is 0 Å². The van der Waals surface area contributed by atoms with E-state index in [1.165, 1.54) is 50.1 Å². The summed E-state index contributed by atoms with van der Waals surface area (Å²) in [5.74, 6) is 0.177. The molecule has 1 heteroatoms. The fraction of sp³-hybridized carbons (Fsp3) is 0.0308. The molecular formula is C65H47N. The van der Waals surface area contributed by atoms with Crippen molar-refractivity contribution >= 4 is 0 Å². The fourth-order valence-electron chi connectivity index (χ4n) is 9.89. The number of hydrogen-bond donors (Lipinski definition) is 0. The van der Waals surface area contributed by atoms with E-state index in [0.29, 0.717) is 0 Å². The molecule has 0 saturated carbocycles. The molecule has 9 aromatic carbocycles. The van der Waals surface area contributed by atoms with Crippen molar-refractivity contribution in [1.29, 1.82) is 0 Å². The average molecular weight is 842 g/mol. The van der Waals surface area contributed by atoms with Gasteiger partial charge < -0.3 is 0 Å². The van der Waals surface area contributed by atoms with Crippen LogP contribution in [0.2, 0.25) is 0 Å². The molecule has 11 rings (SSSR count). The highest BCUT2D eigenvalue weighted by Crippen LogP contribution is 2.52. The minimum absolute atomic E-state index is 0.177. The maximum Gasteiger partial charge on any atom is 0.0716 e. The Labute approximate surface area is 388 Å². The molecule has 1 heterocycles. The molecule has 66 heavy (non-hydrogen) atoms. The lowest BCUT2D eigenvalue weighted by atomic mass is 9.77. The van der Waals surface area contributed by atoms with Crippen LogP contribution in [0.4, 0.5) is 0 Å². The van der Waals surface area contributed by atoms with Crippen LogP contribution in [0, 0.1) is 0 Å². The molecule has 0 aliphatic heterocycles. The predicted octanol–water partition coefficient (Wildman–Crippen LogP) is 17.7. The van der Waals surface area contributed by atoms with Gasteiger partial charge in [-0.15, -0.1) is 0 Å². The molecule has 1 aliphatic carbocycles. The number of aromatic nitrogens is 1. The van der Waals surface area contributed by atoms with Gasteiger partial charge in [0.15, 0.2) is 0 Å². The Kier molecular flexibility index (Phi) is 11.2. The Bertz CT molecular complexity index is 3320. The number of hydrogen-bond acceptors (Lipinski definition) is 1. The molecule has 1 aromatic heterocycles. The molecule has 0 fully saturated rings. The van der Waals surface area contributed by atoms with Gasteiger partial charge in [0, 0.05) is 17.0 Å². The molecule has 312 valence electrons. The third-order valence-electron chi connectivity index (χ3n) is 12.8. The summed E-state index contributed by atoms with van der Waals surface area (Å²) < 4.78 is 0. The molecule has 1 aliphatic rings. The Morgan fingerprint density at radius 2 is 0.636 bits per heavy atom. The lowest BCUT2D eigenvalue weighted by Gasteiger charge is -2.27. The second kappa shape index (κ2) is 18.4. The van der Waals surface area contributed by atoms with Crippen LogP contribution in [0.15, 0.2) is 267 Å². The summed E-state index contributed by atoms with van der Waals surface area (Å²) in [6.45, 7) is 0. The van der Waals surface area contributed by atoms with Crippen LogP contribution >= 0.6 is 0 Å². The summed E-state index contributed by atoms with van der Waals surface area (Å²) in [7, 11) is 0. The summed E-state index contributed by atoms with van der Waals surface area (Å²) >= 11 is 0. The van der Waals surface area contributed by atoms with Crippen LogP contribution in [0.1, 0.15) is 17.9 Å². The summed E-state index contributed by atoms with van der Waals surface area (Å²) in [5, 5.41) is 0. The molecule has 0 bridgehead atoms. The van der Waals surface area contributed by atoms with Gasteiger partial charge in [-0.05, 0) is 114 Å².